The van der Waals surface area contributed by atoms with Crippen molar-refractivity contribution >= 4 is 5.82 Å². The minimum Gasteiger partial charge on any atom is -0.383 e. The van der Waals surface area contributed by atoms with Gasteiger partial charge in [-0.2, -0.15) is 0 Å². The van der Waals surface area contributed by atoms with E-state index in [4.69, 9.17) is 10.5 Å². The summed E-state index contributed by atoms with van der Waals surface area (Å²) < 4.78 is 5.07. The number of aryl methyl sites for hydroxylation is 1. The predicted octanol–water partition coefficient (Wildman–Crippen LogP) is 0.765. The maximum Gasteiger partial charge on any atom is 0.135 e. The molecule has 5 heteroatoms. The Morgan fingerprint density at radius 1 is 1.39 bits per heavy atom. The van der Waals surface area contributed by atoms with Gasteiger partial charge in [0, 0.05) is 38.0 Å². The highest BCUT2D eigenvalue weighted by atomic mass is 16.5. The molecular weight excluding hydrogens is 228 g/mol. The van der Waals surface area contributed by atoms with Crippen LogP contribution in [0, 0.1) is 0 Å². The van der Waals surface area contributed by atoms with Gasteiger partial charge >= 0.3 is 0 Å². The van der Waals surface area contributed by atoms with Crippen LogP contribution < -0.4 is 10.6 Å². The van der Waals surface area contributed by atoms with Crippen LogP contribution in [0.25, 0.3) is 0 Å². The van der Waals surface area contributed by atoms with Crippen LogP contribution in [0.5, 0.6) is 0 Å². The van der Waals surface area contributed by atoms with E-state index < -0.39 is 0 Å². The fourth-order valence-electron chi connectivity index (χ4n) is 2.54. The molecule has 1 aromatic heterocycles. The van der Waals surface area contributed by atoms with Crippen molar-refractivity contribution in [2.75, 3.05) is 32.2 Å². The summed E-state index contributed by atoms with van der Waals surface area (Å²) in [6, 6.07) is 0.00852. The zero-order chi connectivity index (χ0) is 13.0. The number of anilines is 1. The Hall–Kier alpha value is -1.20. The average molecular weight is 250 g/mol. The van der Waals surface area contributed by atoms with Crippen molar-refractivity contribution in [1.82, 2.24) is 9.97 Å². The average Bonchev–Trinajstić information content (AvgIpc) is 2.38. The van der Waals surface area contributed by atoms with Crippen LogP contribution >= 0.6 is 0 Å². The first-order chi connectivity index (χ1) is 8.72. The van der Waals surface area contributed by atoms with Gasteiger partial charge in [0.25, 0.3) is 0 Å². The van der Waals surface area contributed by atoms with Gasteiger partial charge in [-0.05, 0) is 25.7 Å². The molecule has 18 heavy (non-hydrogen) atoms. The third-order valence-electron chi connectivity index (χ3n) is 3.35. The lowest BCUT2D eigenvalue weighted by atomic mass is 9.96. The molecule has 5 nitrogen and oxygen atoms in total. The molecule has 0 spiro atoms. The molecule has 2 rings (SSSR count). The summed E-state index contributed by atoms with van der Waals surface area (Å²) in [7, 11) is 3.71. The van der Waals surface area contributed by atoms with Crippen LogP contribution in [-0.4, -0.2) is 43.3 Å². The van der Waals surface area contributed by atoms with Gasteiger partial charge < -0.3 is 15.4 Å². The number of aromatic nitrogens is 2. The zero-order valence-electron chi connectivity index (χ0n) is 11.2. The number of hydrogen-bond donors (Lipinski definition) is 1. The van der Waals surface area contributed by atoms with E-state index in [9.17, 15) is 0 Å². The van der Waals surface area contributed by atoms with Crippen LogP contribution in [-0.2, 0) is 17.6 Å². The van der Waals surface area contributed by atoms with Gasteiger partial charge in [-0.1, -0.05) is 0 Å². The summed E-state index contributed by atoms with van der Waals surface area (Å²) >= 11 is 0. The van der Waals surface area contributed by atoms with Crippen LogP contribution in [0.4, 0.5) is 5.82 Å². The maximum absolute atomic E-state index is 5.99. The summed E-state index contributed by atoms with van der Waals surface area (Å²) in [5.41, 5.74) is 8.50. The second kappa shape index (κ2) is 6.11. The van der Waals surface area contributed by atoms with Gasteiger partial charge in [0.15, 0.2) is 0 Å². The molecule has 0 bridgehead atoms. The van der Waals surface area contributed by atoms with Gasteiger partial charge in [-0.25, -0.2) is 9.97 Å². The molecule has 1 unspecified atom stereocenters. The number of methoxy groups -OCH3 is 1. The third kappa shape index (κ3) is 2.97. The Kier molecular flexibility index (Phi) is 4.49. The number of rotatable bonds is 5. The molecule has 1 aromatic rings. The van der Waals surface area contributed by atoms with Gasteiger partial charge in [0.2, 0.25) is 0 Å². The standard InChI is InChI=1S/C13H22N4O/c1-17(7-10(14)8-18-2)13-11-5-3-4-6-12(11)15-9-16-13/h9-10H,3-8,14H2,1-2H3. The Bertz CT molecular complexity index is 397. The summed E-state index contributed by atoms with van der Waals surface area (Å²) in [4.78, 5) is 10.9. The van der Waals surface area contributed by atoms with Crippen LogP contribution in [0.3, 0.4) is 0 Å². The molecule has 0 amide bonds. The number of fused-ring (bicyclic) bond motifs is 1. The normalized spacial score (nSPS) is 16.2. The lowest BCUT2D eigenvalue weighted by molar-refractivity contribution is 0.181. The first-order valence-electron chi connectivity index (χ1n) is 6.50. The molecule has 1 aliphatic rings. The second-order valence-corrected chi connectivity index (χ2v) is 4.93. The molecule has 1 heterocycles. The van der Waals surface area contributed by atoms with Crippen molar-refractivity contribution in [2.24, 2.45) is 5.73 Å². The SMILES string of the molecule is COCC(N)CN(C)c1ncnc2c1CCCC2. The first kappa shape index (κ1) is 13.2. The summed E-state index contributed by atoms with van der Waals surface area (Å²) in [6.07, 6.45) is 6.28. The molecular formula is C13H22N4O. The van der Waals surface area contributed by atoms with Crippen LogP contribution in [0.2, 0.25) is 0 Å². The zero-order valence-corrected chi connectivity index (χ0v) is 11.2. The van der Waals surface area contributed by atoms with Crippen molar-refractivity contribution in [3.05, 3.63) is 17.6 Å². The smallest absolute Gasteiger partial charge is 0.135 e. The second-order valence-electron chi connectivity index (χ2n) is 4.93. The Morgan fingerprint density at radius 2 is 2.17 bits per heavy atom. The minimum atomic E-state index is 0.00852. The monoisotopic (exact) mass is 250 g/mol. The molecule has 0 saturated carbocycles. The number of nitrogens with two attached hydrogens (primary N) is 1. The Balaban J connectivity index is 2.12. The van der Waals surface area contributed by atoms with Gasteiger partial charge in [0.05, 0.1) is 6.61 Å². The van der Waals surface area contributed by atoms with E-state index in [0.29, 0.717) is 6.61 Å². The van der Waals surface area contributed by atoms with E-state index >= 15 is 0 Å². The Labute approximate surface area is 108 Å². The molecule has 0 saturated heterocycles. The number of hydrogen-bond acceptors (Lipinski definition) is 5. The predicted molar refractivity (Wildman–Crippen MR) is 71.8 cm³/mol. The first-order valence-corrected chi connectivity index (χ1v) is 6.50. The largest absolute Gasteiger partial charge is 0.383 e. The third-order valence-corrected chi connectivity index (χ3v) is 3.35. The topological polar surface area (TPSA) is 64.3 Å². The van der Waals surface area contributed by atoms with E-state index in [1.54, 1.807) is 13.4 Å². The van der Waals surface area contributed by atoms with Crippen molar-refractivity contribution < 1.29 is 4.74 Å². The summed E-state index contributed by atoms with van der Waals surface area (Å²) in [5, 5.41) is 0. The molecule has 1 aliphatic carbocycles. The molecule has 100 valence electrons. The maximum atomic E-state index is 5.99. The van der Waals surface area contributed by atoms with Crippen LogP contribution in [0.1, 0.15) is 24.1 Å². The van der Waals surface area contributed by atoms with Crippen molar-refractivity contribution in [1.29, 1.82) is 0 Å². The van der Waals surface area contributed by atoms with Crippen molar-refractivity contribution in [3.8, 4) is 0 Å². The van der Waals surface area contributed by atoms with Gasteiger partial charge in [-0.3, -0.25) is 0 Å². The summed E-state index contributed by atoms with van der Waals surface area (Å²) in [5.74, 6) is 1.03. The van der Waals surface area contributed by atoms with Gasteiger partial charge in [-0.15, -0.1) is 0 Å². The minimum absolute atomic E-state index is 0.00852. The van der Waals surface area contributed by atoms with Crippen molar-refractivity contribution in [2.45, 2.75) is 31.7 Å². The Morgan fingerprint density at radius 3 is 2.94 bits per heavy atom. The molecule has 0 fully saturated rings. The van der Waals surface area contributed by atoms with E-state index in [1.807, 2.05) is 7.05 Å². The van der Waals surface area contributed by atoms with Crippen LogP contribution in [0.15, 0.2) is 6.33 Å². The fraction of sp³-hybridized carbons (Fsp3) is 0.692. The number of likely N-dealkylation sites (N-methyl/N-ethyl adjacent to an activating group) is 1. The van der Waals surface area contributed by atoms with Crippen molar-refractivity contribution in [3.63, 3.8) is 0 Å². The molecule has 1 atom stereocenters. The number of nitrogens with zero attached hydrogens (tertiary/aromatic N) is 3. The lowest BCUT2D eigenvalue weighted by Gasteiger charge is -2.26. The summed E-state index contributed by atoms with van der Waals surface area (Å²) in [6.45, 7) is 1.31. The number of ether oxygens (including phenoxy) is 1. The quantitative estimate of drug-likeness (QED) is 0.836. The van der Waals surface area contributed by atoms with E-state index in [-0.39, 0.29) is 6.04 Å². The van der Waals surface area contributed by atoms with E-state index in [0.717, 1.165) is 25.2 Å². The van der Waals surface area contributed by atoms with E-state index in [2.05, 4.69) is 14.9 Å². The molecule has 0 radical (unpaired) electrons. The molecule has 2 N–H and O–H groups in total. The van der Waals surface area contributed by atoms with E-state index in [1.165, 1.54) is 24.1 Å². The molecule has 0 aromatic carbocycles. The van der Waals surface area contributed by atoms with Gasteiger partial charge in [0.1, 0.15) is 12.1 Å². The lowest BCUT2D eigenvalue weighted by Crippen LogP contribution is -2.39. The highest BCUT2D eigenvalue weighted by Crippen LogP contribution is 2.26. The highest BCUT2D eigenvalue weighted by Gasteiger charge is 2.18. The fourth-order valence-corrected chi connectivity index (χ4v) is 2.54. The molecule has 0 aliphatic heterocycles. The highest BCUT2D eigenvalue weighted by molar-refractivity contribution is 5.49.